The topological polar surface area (TPSA) is 15.6 Å². The summed E-state index contributed by atoms with van der Waals surface area (Å²) < 4.78 is 0. The van der Waals surface area contributed by atoms with Crippen molar-refractivity contribution in [1.29, 1.82) is 0 Å². The molecule has 0 bridgehead atoms. The zero-order chi connectivity index (χ0) is 12.4. The first-order valence-corrected chi connectivity index (χ1v) is 7.06. The third-order valence-electron chi connectivity index (χ3n) is 3.86. The molecule has 17 heavy (non-hydrogen) atoms. The molecule has 1 saturated heterocycles. The van der Waals surface area contributed by atoms with Gasteiger partial charge in [-0.05, 0) is 52.4 Å². The third-order valence-corrected chi connectivity index (χ3v) is 3.86. The highest BCUT2D eigenvalue weighted by Crippen LogP contribution is 2.37. The first kappa shape index (κ1) is 12.7. The zero-order valence-electron chi connectivity index (χ0n) is 11.6. The molecule has 2 nitrogen and oxygen atoms in total. The van der Waals surface area contributed by atoms with Gasteiger partial charge < -0.3 is 4.90 Å². The van der Waals surface area contributed by atoms with Crippen molar-refractivity contribution < 1.29 is 0 Å². The standard InChI is InChI=1S/C15H26N2/c1-11(2)16-15(13-5-6-13)14-7-9-17(10-8-14)12(3)4/h11,13-14H,3,5-10H2,1-2,4H3. The van der Waals surface area contributed by atoms with E-state index in [0.29, 0.717) is 6.04 Å². The van der Waals surface area contributed by atoms with Crippen LogP contribution in [0, 0.1) is 11.8 Å². The van der Waals surface area contributed by atoms with Crippen LogP contribution in [0.4, 0.5) is 0 Å². The van der Waals surface area contributed by atoms with Crippen molar-refractivity contribution in [2.75, 3.05) is 13.1 Å². The lowest BCUT2D eigenvalue weighted by Crippen LogP contribution is -2.35. The van der Waals surface area contributed by atoms with Gasteiger partial charge in [-0.1, -0.05) is 6.58 Å². The lowest BCUT2D eigenvalue weighted by Gasteiger charge is -2.34. The molecule has 1 saturated carbocycles. The number of likely N-dealkylation sites (tertiary alicyclic amines) is 1. The summed E-state index contributed by atoms with van der Waals surface area (Å²) in [5, 5.41) is 0. The molecule has 1 aliphatic carbocycles. The Hall–Kier alpha value is -0.790. The monoisotopic (exact) mass is 234 g/mol. The van der Waals surface area contributed by atoms with E-state index in [2.05, 4.69) is 32.3 Å². The van der Waals surface area contributed by atoms with Gasteiger partial charge in [-0.2, -0.15) is 0 Å². The molecule has 0 N–H and O–H groups in total. The first-order chi connectivity index (χ1) is 8.08. The molecule has 0 aromatic heterocycles. The van der Waals surface area contributed by atoms with Gasteiger partial charge in [0.25, 0.3) is 0 Å². The second-order valence-corrected chi connectivity index (χ2v) is 5.92. The van der Waals surface area contributed by atoms with E-state index in [1.54, 1.807) is 5.71 Å². The van der Waals surface area contributed by atoms with Crippen molar-refractivity contribution in [3.8, 4) is 0 Å². The van der Waals surface area contributed by atoms with E-state index in [1.165, 1.54) is 44.5 Å². The fourth-order valence-corrected chi connectivity index (χ4v) is 2.78. The summed E-state index contributed by atoms with van der Waals surface area (Å²) >= 11 is 0. The molecule has 0 aromatic carbocycles. The highest BCUT2D eigenvalue weighted by Gasteiger charge is 2.34. The van der Waals surface area contributed by atoms with Crippen LogP contribution in [0.2, 0.25) is 0 Å². The number of nitrogens with zero attached hydrogens (tertiary/aromatic N) is 2. The van der Waals surface area contributed by atoms with E-state index in [9.17, 15) is 0 Å². The molecule has 0 atom stereocenters. The van der Waals surface area contributed by atoms with Crippen LogP contribution in [0.25, 0.3) is 0 Å². The van der Waals surface area contributed by atoms with Gasteiger partial charge in [0.1, 0.15) is 0 Å². The smallest absolute Gasteiger partial charge is 0.0442 e. The van der Waals surface area contributed by atoms with Gasteiger partial charge in [-0.25, -0.2) is 0 Å². The molecule has 0 amide bonds. The summed E-state index contributed by atoms with van der Waals surface area (Å²) in [4.78, 5) is 7.32. The van der Waals surface area contributed by atoms with Crippen molar-refractivity contribution in [2.45, 2.75) is 52.5 Å². The Labute approximate surface area is 106 Å². The Kier molecular flexibility index (Phi) is 3.90. The molecule has 2 heteroatoms. The number of aliphatic imine (C=N–C) groups is 1. The fraction of sp³-hybridized carbons (Fsp3) is 0.800. The lowest BCUT2D eigenvalue weighted by atomic mass is 9.89. The van der Waals surface area contributed by atoms with Crippen molar-refractivity contribution >= 4 is 5.71 Å². The van der Waals surface area contributed by atoms with Crippen LogP contribution >= 0.6 is 0 Å². The predicted molar refractivity (Wildman–Crippen MR) is 74.4 cm³/mol. The maximum atomic E-state index is 4.91. The van der Waals surface area contributed by atoms with Crippen LogP contribution in [0.15, 0.2) is 17.3 Å². The van der Waals surface area contributed by atoms with Crippen molar-refractivity contribution in [2.24, 2.45) is 16.8 Å². The zero-order valence-corrected chi connectivity index (χ0v) is 11.6. The number of rotatable bonds is 4. The Bertz CT molecular complexity index is 305. The maximum Gasteiger partial charge on any atom is 0.0442 e. The van der Waals surface area contributed by atoms with E-state index in [4.69, 9.17) is 4.99 Å². The molecule has 1 aliphatic heterocycles. The highest BCUT2D eigenvalue weighted by atomic mass is 15.1. The van der Waals surface area contributed by atoms with Crippen LogP contribution in [-0.4, -0.2) is 29.7 Å². The Morgan fingerprint density at radius 1 is 1.12 bits per heavy atom. The van der Waals surface area contributed by atoms with Gasteiger partial charge in [0, 0.05) is 36.5 Å². The van der Waals surface area contributed by atoms with Crippen LogP contribution in [0.5, 0.6) is 0 Å². The number of hydrogen-bond acceptors (Lipinski definition) is 2. The summed E-state index contributed by atoms with van der Waals surface area (Å²) in [7, 11) is 0. The molecule has 0 aromatic rings. The first-order valence-electron chi connectivity index (χ1n) is 7.06. The van der Waals surface area contributed by atoms with E-state index < -0.39 is 0 Å². The average Bonchev–Trinajstić information content (AvgIpc) is 3.09. The summed E-state index contributed by atoms with van der Waals surface area (Å²) in [5.41, 5.74) is 2.76. The van der Waals surface area contributed by atoms with E-state index in [0.717, 1.165) is 11.8 Å². The summed E-state index contributed by atoms with van der Waals surface area (Å²) in [6.45, 7) is 12.9. The van der Waals surface area contributed by atoms with Crippen molar-refractivity contribution in [3.63, 3.8) is 0 Å². The Morgan fingerprint density at radius 3 is 2.06 bits per heavy atom. The van der Waals surface area contributed by atoms with E-state index >= 15 is 0 Å². The predicted octanol–water partition coefficient (Wildman–Crippen LogP) is 3.49. The van der Waals surface area contributed by atoms with Crippen LogP contribution in [0.3, 0.4) is 0 Å². The second kappa shape index (κ2) is 5.24. The molecule has 2 fully saturated rings. The molecule has 0 radical (unpaired) electrons. The molecular formula is C15H26N2. The number of hydrogen-bond donors (Lipinski definition) is 0. The summed E-state index contributed by atoms with van der Waals surface area (Å²) in [6.07, 6.45) is 5.31. The number of allylic oxidation sites excluding steroid dienone is 1. The average molecular weight is 234 g/mol. The fourth-order valence-electron chi connectivity index (χ4n) is 2.78. The van der Waals surface area contributed by atoms with Gasteiger partial charge in [-0.15, -0.1) is 0 Å². The van der Waals surface area contributed by atoms with Crippen LogP contribution < -0.4 is 0 Å². The van der Waals surface area contributed by atoms with Crippen molar-refractivity contribution in [3.05, 3.63) is 12.3 Å². The van der Waals surface area contributed by atoms with Gasteiger partial charge in [0.2, 0.25) is 0 Å². The lowest BCUT2D eigenvalue weighted by molar-refractivity contribution is 0.259. The molecule has 2 aliphatic rings. The Balaban J connectivity index is 1.96. The molecule has 1 heterocycles. The Morgan fingerprint density at radius 2 is 1.65 bits per heavy atom. The second-order valence-electron chi connectivity index (χ2n) is 5.92. The van der Waals surface area contributed by atoms with Gasteiger partial charge >= 0.3 is 0 Å². The SMILES string of the molecule is C=C(C)N1CCC(C(=NC(C)C)C2CC2)CC1. The van der Waals surface area contributed by atoms with Gasteiger partial charge in [0.05, 0.1) is 0 Å². The van der Waals surface area contributed by atoms with Gasteiger partial charge in [0.15, 0.2) is 0 Å². The summed E-state index contributed by atoms with van der Waals surface area (Å²) in [6, 6.07) is 0.463. The molecule has 2 rings (SSSR count). The van der Waals surface area contributed by atoms with E-state index in [-0.39, 0.29) is 0 Å². The molecular weight excluding hydrogens is 208 g/mol. The van der Waals surface area contributed by atoms with Crippen LogP contribution in [0.1, 0.15) is 46.5 Å². The minimum atomic E-state index is 0.463. The minimum Gasteiger partial charge on any atom is -0.375 e. The number of piperidine rings is 1. The summed E-state index contributed by atoms with van der Waals surface area (Å²) in [5.74, 6) is 1.58. The molecule has 0 spiro atoms. The van der Waals surface area contributed by atoms with Crippen LogP contribution in [-0.2, 0) is 0 Å². The third kappa shape index (κ3) is 3.34. The minimum absolute atomic E-state index is 0.463. The molecule has 96 valence electrons. The largest absolute Gasteiger partial charge is 0.375 e. The molecule has 0 unspecified atom stereocenters. The quantitative estimate of drug-likeness (QED) is 0.680. The van der Waals surface area contributed by atoms with E-state index in [1.807, 2.05) is 0 Å². The normalized spacial score (nSPS) is 23.3. The van der Waals surface area contributed by atoms with Crippen molar-refractivity contribution in [1.82, 2.24) is 4.90 Å². The van der Waals surface area contributed by atoms with Gasteiger partial charge in [-0.3, -0.25) is 4.99 Å². The maximum absolute atomic E-state index is 4.91. The highest BCUT2D eigenvalue weighted by molar-refractivity contribution is 5.91.